The number of Topliss-reactive ketones (excluding diaryl/α,β-unsaturated/α-hetero) is 1. The number of piperazine rings is 1. The Morgan fingerprint density at radius 1 is 1.46 bits per heavy atom. The fourth-order valence-electron chi connectivity index (χ4n) is 1.46. The summed E-state index contributed by atoms with van der Waals surface area (Å²) in [6.07, 6.45) is 3.26. The standard InChI is InChI=1S/C10H18N2O/c1-2-3-4-10(13)9-12-7-5-11-6-8-12/h2,11H,1,3-9H2. The summed E-state index contributed by atoms with van der Waals surface area (Å²) >= 11 is 0. The molecule has 13 heavy (non-hydrogen) atoms. The third-order valence-corrected chi connectivity index (χ3v) is 2.24. The molecular formula is C10H18N2O. The lowest BCUT2D eigenvalue weighted by Gasteiger charge is -2.26. The fourth-order valence-corrected chi connectivity index (χ4v) is 1.46. The lowest BCUT2D eigenvalue weighted by molar-refractivity contribution is -0.120. The Labute approximate surface area is 79.8 Å². The summed E-state index contributed by atoms with van der Waals surface area (Å²) < 4.78 is 0. The molecule has 0 amide bonds. The number of rotatable bonds is 5. The number of nitrogens with one attached hydrogen (secondary N) is 1. The van der Waals surface area contributed by atoms with E-state index in [4.69, 9.17) is 0 Å². The Morgan fingerprint density at radius 3 is 2.77 bits per heavy atom. The van der Waals surface area contributed by atoms with Gasteiger partial charge < -0.3 is 5.32 Å². The summed E-state index contributed by atoms with van der Waals surface area (Å²) in [5.41, 5.74) is 0. The van der Waals surface area contributed by atoms with Crippen molar-refractivity contribution < 1.29 is 4.79 Å². The molecule has 0 saturated carbocycles. The number of ketones is 1. The first-order valence-electron chi connectivity index (χ1n) is 4.88. The Balaban J connectivity index is 2.14. The molecule has 3 nitrogen and oxygen atoms in total. The zero-order chi connectivity index (χ0) is 9.52. The average molecular weight is 182 g/mol. The third-order valence-electron chi connectivity index (χ3n) is 2.24. The second-order valence-electron chi connectivity index (χ2n) is 3.39. The number of carbonyl (C=O) groups is 1. The van der Waals surface area contributed by atoms with Crippen molar-refractivity contribution in [2.24, 2.45) is 0 Å². The van der Waals surface area contributed by atoms with E-state index in [0.717, 1.165) is 32.6 Å². The van der Waals surface area contributed by atoms with Gasteiger partial charge in [0.1, 0.15) is 5.78 Å². The smallest absolute Gasteiger partial charge is 0.147 e. The first kappa shape index (κ1) is 10.4. The van der Waals surface area contributed by atoms with Gasteiger partial charge in [-0.1, -0.05) is 6.08 Å². The molecule has 3 heteroatoms. The predicted octanol–water partition coefficient (Wildman–Crippen LogP) is 0.427. The molecule has 0 atom stereocenters. The van der Waals surface area contributed by atoms with Crippen LogP contribution in [0, 0.1) is 0 Å². The van der Waals surface area contributed by atoms with Crippen molar-refractivity contribution in [1.29, 1.82) is 0 Å². The molecule has 0 bridgehead atoms. The molecule has 0 radical (unpaired) electrons. The van der Waals surface area contributed by atoms with Gasteiger partial charge in [-0.3, -0.25) is 9.69 Å². The molecular weight excluding hydrogens is 164 g/mol. The molecule has 74 valence electrons. The highest BCUT2D eigenvalue weighted by molar-refractivity contribution is 5.80. The van der Waals surface area contributed by atoms with E-state index < -0.39 is 0 Å². The van der Waals surface area contributed by atoms with Crippen LogP contribution in [0.3, 0.4) is 0 Å². The maximum atomic E-state index is 11.4. The molecule has 0 spiro atoms. The van der Waals surface area contributed by atoms with Crippen LogP contribution in [0.4, 0.5) is 0 Å². The second-order valence-corrected chi connectivity index (χ2v) is 3.39. The molecule has 0 unspecified atom stereocenters. The number of hydrogen-bond donors (Lipinski definition) is 1. The largest absolute Gasteiger partial charge is 0.314 e. The first-order chi connectivity index (χ1) is 6.33. The highest BCUT2D eigenvalue weighted by Crippen LogP contribution is 1.97. The van der Waals surface area contributed by atoms with E-state index in [0.29, 0.717) is 18.7 Å². The van der Waals surface area contributed by atoms with Crippen molar-refractivity contribution in [1.82, 2.24) is 10.2 Å². The maximum Gasteiger partial charge on any atom is 0.147 e. The van der Waals surface area contributed by atoms with Gasteiger partial charge in [-0.25, -0.2) is 0 Å². The molecule has 1 fully saturated rings. The van der Waals surface area contributed by atoms with Crippen LogP contribution in [0.5, 0.6) is 0 Å². The molecule has 1 N–H and O–H groups in total. The zero-order valence-electron chi connectivity index (χ0n) is 8.09. The first-order valence-corrected chi connectivity index (χ1v) is 4.88. The Kier molecular flexibility index (Phi) is 4.72. The van der Waals surface area contributed by atoms with Crippen molar-refractivity contribution in [2.75, 3.05) is 32.7 Å². The molecule has 1 saturated heterocycles. The van der Waals surface area contributed by atoms with E-state index in [9.17, 15) is 4.79 Å². The average Bonchev–Trinajstić information content (AvgIpc) is 2.16. The summed E-state index contributed by atoms with van der Waals surface area (Å²) in [5, 5.41) is 3.26. The van der Waals surface area contributed by atoms with Gasteiger partial charge in [0.15, 0.2) is 0 Å². The Bertz CT molecular complexity index is 174. The van der Waals surface area contributed by atoms with Crippen LogP contribution in [0.1, 0.15) is 12.8 Å². The number of nitrogens with zero attached hydrogens (tertiary/aromatic N) is 1. The minimum atomic E-state index is 0.335. The van der Waals surface area contributed by atoms with Crippen LogP contribution in [0.15, 0.2) is 12.7 Å². The number of allylic oxidation sites excluding steroid dienone is 1. The Morgan fingerprint density at radius 2 is 2.15 bits per heavy atom. The Hall–Kier alpha value is -0.670. The number of carbonyl (C=O) groups excluding carboxylic acids is 1. The van der Waals surface area contributed by atoms with E-state index in [2.05, 4.69) is 16.8 Å². The van der Waals surface area contributed by atoms with Crippen molar-refractivity contribution in [2.45, 2.75) is 12.8 Å². The van der Waals surface area contributed by atoms with Gasteiger partial charge in [0.05, 0.1) is 6.54 Å². The van der Waals surface area contributed by atoms with E-state index in [1.165, 1.54) is 0 Å². The minimum Gasteiger partial charge on any atom is -0.314 e. The zero-order valence-corrected chi connectivity index (χ0v) is 8.09. The topological polar surface area (TPSA) is 32.3 Å². The maximum absolute atomic E-state index is 11.4. The van der Waals surface area contributed by atoms with Crippen LogP contribution in [0.2, 0.25) is 0 Å². The van der Waals surface area contributed by atoms with Crippen LogP contribution in [-0.2, 0) is 4.79 Å². The summed E-state index contributed by atoms with van der Waals surface area (Å²) in [5.74, 6) is 0.335. The predicted molar refractivity (Wildman–Crippen MR) is 53.7 cm³/mol. The SMILES string of the molecule is C=CCCC(=O)CN1CCNCC1. The summed E-state index contributed by atoms with van der Waals surface area (Å²) in [7, 11) is 0. The van der Waals surface area contributed by atoms with E-state index >= 15 is 0 Å². The minimum absolute atomic E-state index is 0.335. The summed E-state index contributed by atoms with van der Waals surface area (Å²) in [6, 6.07) is 0. The molecule has 0 aliphatic carbocycles. The second kappa shape index (κ2) is 5.89. The van der Waals surface area contributed by atoms with Gasteiger partial charge in [-0.05, 0) is 6.42 Å². The van der Waals surface area contributed by atoms with Gasteiger partial charge in [0.25, 0.3) is 0 Å². The highest BCUT2D eigenvalue weighted by atomic mass is 16.1. The summed E-state index contributed by atoms with van der Waals surface area (Å²) in [6.45, 7) is 8.24. The normalized spacial score (nSPS) is 18.5. The lowest BCUT2D eigenvalue weighted by Crippen LogP contribution is -2.45. The summed E-state index contributed by atoms with van der Waals surface area (Å²) in [4.78, 5) is 13.6. The number of hydrogen-bond acceptors (Lipinski definition) is 3. The van der Waals surface area contributed by atoms with E-state index in [1.54, 1.807) is 6.08 Å². The highest BCUT2D eigenvalue weighted by Gasteiger charge is 2.12. The molecule has 1 aliphatic heterocycles. The molecule has 1 rings (SSSR count). The molecule has 1 heterocycles. The molecule has 0 aromatic carbocycles. The molecule has 1 aliphatic rings. The van der Waals surface area contributed by atoms with Crippen LogP contribution >= 0.6 is 0 Å². The van der Waals surface area contributed by atoms with Crippen molar-refractivity contribution in [3.63, 3.8) is 0 Å². The van der Waals surface area contributed by atoms with Crippen LogP contribution in [0.25, 0.3) is 0 Å². The third kappa shape index (κ3) is 4.20. The van der Waals surface area contributed by atoms with Gasteiger partial charge in [-0.15, -0.1) is 6.58 Å². The van der Waals surface area contributed by atoms with Gasteiger partial charge in [0, 0.05) is 32.6 Å². The molecule has 0 aromatic heterocycles. The monoisotopic (exact) mass is 182 g/mol. The van der Waals surface area contributed by atoms with Gasteiger partial charge >= 0.3 is 0 Å². The lowest BCUT2D eigenvalue weighted by atomic mass is 10.2. The fraction of sp³-hybridized carbons (Fsp3) is 0.700. The van der Waals surface area contributed by atoms with Crippen LogP contribution in [-0.4, -0.2) is 43.4 Å². The van der Waals surface area contributed by atoms with Crippen molar-refractivity contribution in [3.8, 4) is 0 Å². The van der Waals surface area contributed by atoms with Gasteiger partial charge in [0.2, 0.25) is 0 Å². The van der Waals surface area contributed by atoms with Crippen LogP contribution < -0.4 is 5.32 Å². The van der Waals surface area contributed by atoms with Crippen molar-refractivity contribution in [3.05, 3.63) is 12.7 Å². The van der Waals surface area contributed by atoms with Crippen molar-refractivity contribution >= 4 is 5.78 Å². The van der Waals surface area contributed by atoms with E-state index in [1.807, 2.05) is 0 Å². The quantitative estimate of drug-likeness (QED) is 0.626. The molecule has 0 aromatic rings. The van der Waals surface area contributed by atoms with E-state index in [-0.39, 0.29) is 0 Å². The van der Waals surface area contributed by atoms with Gasteiger partial charge in [-0.2, -0.15) is 0 Å².